The van der Waals surface area contributed by atoms with Crippen LogP contribution in [0.15, 0.2) is 0 Å². The number of aliphatic hydroxyl groups is 2. The van der Waals surface area contributed by atoms with Crippen molar-refractivity contribution in [2.75, 3.05) is 6.61 Å². The fourth-order valence-electron chi connectivity index (χ4n) is 4.83. The molecule has 4 heterocycles. The maximum absolute atomic E-state index is 12.3. The van der Waals surface area contributed by atoms with Crippen molar-refractivity contribution >= 4 is 5.97 Å². The maximum Gasteiger partial charge on any atom is 0.343 e. The molecule has 0 radical (unpaired) electrons. The summed E-state index contributed by atoms with van der Waals surface area (Å²) >= 11 is 0. The third-order valence-corrected chi connectivity index (χ3v) is 6.10. The van der Waals surface area contributed by atoms with E-state index in [0.29, 0.717) is 18.8 Å². The standard InChI is InChI=1S/C15H22O7/c1-8-3-4-10-14(18,7-16)11(17)19-12-15(10)9(8)5-6-13(2,20-12)21-22-15/h8-10,12,16,18H,3-7H2,1-2H3/t8-,9+,10+,12-,13-,14-,15-/m1/s1. The van der Waals surface area contributed by atoms with E-state index in [4.69, 9.17) is 19.2 Å². The van der Waals surface area contributed by atoms with E-state index in [2.05, 4.69) is 6.92 Å². The molecule has 0 aromatic heterocycles. The Morgan fingerprint density at radius 2 is 2.05 bits per heavy atom. The van der Waals surface area contributed by atoms with Gasteiger partial charge in [0.25, 0.3) is 0 Å². The summed E-state index contributed by atoms with van der Waals surface area (Å²) in [4.78, 5) is 23.6. The van der Waals surface area contributed by atoms with Crippen LogP contribution < -0.4 is 0 Å². The molecule has 5 rings (SSSR count). The Bertz CT molecular complexity index is 510. The first-order chi connectivity index (χ1) is 10.4. The average Bonchev–Trinajstić information content (AvgIpc) is 2.71. The smallest absolute Gasteiger partial charge is 0.343 e. The van der Waals surface area contributed by atoms with Gasteiger partial charge in [0, 0.05) is 18.3 Å². The highest BCUT2D eigenvalue weighted by molar-refractivity contribution is 5.81. The van der Waals surface area contributed by atoms with Crippen LogP contribution in [0, 0.1) is 17.8 Å². The number of fused-ring (bicyclic) bond motifs is 2. The molecule has 22 heavy (non-hydrogen) atoms. The molecule has 2 bridgehead atoms. The average molecular weight is 314 g/mol. The van der Waals surface area contributed by atoms with Gasteiger partial charge in [-0.2, -0.15) is 0 Å². The Labute approximate surface area is 128 Å². The van der Waals surface area contributed by atoms with Gasteiger partial charge in [-0.05, 0) is 32.1 Å². The number of carbonyl (C=O) groups excluding carboxylic acids is 1. The van der Waals surface area contributed by atoms with E-state index in [1.165, 1.54) is 0 Å². The van der Waals surface area contributed by atoms with Crippen LogP contribution in [0.1, 0.15) is 39.5 Å². The van der Waals surface area contributed by atoms with Crippen molar-refractivity contribution in [1.82, 2.24) is 0 Å². The molecule has 7 heteroatoms. The number of rotatable bonds is 1. The summed E-state index contributed by atoms with van der Waals surface area (Å²) in [6.45, 7) is 3.19. The fraction of sp³-hybridized carbons (Fsp3) is 0.933. The number of hydrogen-bond acceptors (Lipinski definition) is 7. The fourth-order valence-corrected chi connectivity index (χ4v) is 4.83. The predicted octanol–water partition coefficient (Wildman–Crippen LogP) is 0.482. The van der Waals surface area contributed by atoms with Crippen molar-refractivity contribution in [3.63, 3.8) is 0 Å². The molecule has 5 aliphatic rings. The Morgan fingerprint density at radius 1 is 1.27 bits per heavy atom. The first-order valence-corrected chi connectivity index (χ1v) is 7.95. The summed E-state index contributed by atoms with van der Waals surface area (Å²) < 4.78 is 11.3. The second-order valence-electron chi connectivity index (χ2n) is 7.34. The number of aliphatic hydroxyl groups excluding tert-OH is 1. The van der Waals surface area contributed by atoms with E-state index in [-0.39, 0.29) is 5.92 Å². The summed E-state index contributed by atoms with van der Waals surface area (Å²) in [7, 11) is 0. The molecule has 0 aromatic rings. The van der Waals surface area contributed by atoms with Gasteiger partial charge in [-0.25, -0.2) is 14.6 Å². The molecule has 2 N–H and O–H groups in total. The van der Waals surface area contributed by atoms with Gasteiger partial charge in [0.2, 0.25) is 12.1 Å². The quantitative estimate of drug-likeness (QED) is 0.537. The summed E-state index contributed by atoms with van der Waals surface area (Å²) in [6, 6.07) is 0. The topological polar surface area (TPSA) is 94.5 Å². The van der Waals surface area contributed by atoms with E-state index in [9.17, 15) is 15.0 Å². The lowest BCUT2D eigenvalue weighted by Crippen LogP contribution is -2.75. The predicted molar refractivity (Wildman–Crippen MR) is 70.9 cm³/mol. The number of ether oxygens (including phenoxy) is 2. The molecule has 1 saturated carbocycles. The molecule has 0 aromatic carbocycles. The zero-order chi connectivity index (χ0) is 15.8. The Hall–Kier alpha value is -0.730. The minimum atomic E-state index is -1.97. The Balaban J connectivity index is 1.86. The second kappa shape index (κ2) is 4.42. The Morgan fingerprint density at radius 3 is 2.77 bits per heavy atom. The van der Waals surface area contributed by atoms with Crippen LogP contribution in [-0.2, 0) is 24.0 Å². The molecule has 0 amide bonds. The molecular weight excluding hydrogens is 292 g/mol. The van der Waals surface area contributed by atoms with Gasteiger partial charge in [-0.1, -0.05) is 6.92 Å². The van der Waals surface area contributed by atoms with Crippen LogP contribution in [0.4, 0.5) is 0 Å². The molecule has 124 valence electrons. The third kappa shape index (κ3) is 1.61. The van der Waals surface area contributed by atoms with E-state index in [1.807, 2.05) is 0 Å². The van der Waals surface area contributed by atoms with E-state index < -0.39 is 41.8 Å². The second-order valence-corrected chi connectivity index (χ2v) is 7.34. The first-order valence-electron chi connectivity index (χ1n) is 7.95. The molecule has 4 saturated heterocycles. The monoisotopic (exact) mass is 314 g/mol. The molecule has 0 unspecified atom stereocenters. The van der Waals surface area contributed by atoms with Gasteiger partial charge < -0.3 is 19.7 Å². The molecule has 5 fully saturated rings. The highest BCUT2D eigenvalue weighted by Gasteiger charge is 2.74. The third-order valence-electron chi connectivity index (χ3n) is 6.10. The van der Waals surface area contributed by atoms with Gasteiger partial charge in [-0.15, -0.1) is 0 Å². The minimum Gasteiger partial charge on any atom is -0.430 e. The van der Waals surface area contributed by atoms with Crippen LogP contribution in [-0.4, -0.2) is 46.1 Å². The highest BCUT2D eigenvalue weighted by atomic mass is 17.3. The van der Waals surface area contributed by atoms with Crippen LogP contribution >= 0.6 is 0 Å². The normalized spacial score (nSPS) is 57.0. The summed E-state index contributed by atoms with van der Waals surface area (Å²) in [5.74, 6) is -2.05. The summed E-state index contributed by atoms with van der Waals surface area (Å²) in [5.41, 5.74) is -3.03. The highest BCUT2D eigenvalue weighted by Crippen LogP contribution is 2.60. The van der Waals surface area contributed by atoms with E-state index in [1.54, 1.807) is 6.92 Å². The lowest BCUT2D eigenvalue weighted by molar-refractivity contribution is -0.563. The van der Waals surface area contributed by atoms with Gasteiger partial charge in [0.05, 0.1) is 6.61 Å². The van der Waals surface area contributed by atoms with Crippen molar-refractivity contribution in [3.8, 4) is 0 Å². The van der Waals surface area contributed by atoms with Crippen LogP contribution in [0.25, 0.3) is 0 Å². The summed E-state index contributed by atoms with van der Waals surface area (Å²) in [6.07, 6.45) is 1.90. The van der Waals surface area contributed by atoms with Crippen LogP contribution in [0.3, 0.4) is 0 Å². The van der Waals surface area contributed by atoms with Gasteiger partial charge in [-0.3, -0.25) is 0 Å². The number of carbonyl (C=O) groups is 1. The van der Waals surface area contributed by atoms with Gasteiger partial charge in [0.1, 0.15) is 0 Å². The SMILES string of the molecule is C[C@@H]1CC[C@@H]2[C@]34OO[C@](C)(CC[C@@H]13)O[C@H]4OC(=O)[C@@]2(O)CO. The molecule has 1 aliphatic carbocycles. The molecule has 4 aliphatic heterocycles. The number of hydrogen-bond donors (Lipinski definition) is 2. The summed E-state index contributed by atoms with van der Waals surface area (Å²) in [5, 5.41) is 20.4. The largest absolute Gasteiger partial charge is 0.430 e. The van der Waals surface area contributed by atoms with E-state index in [0.717, 1.165) is 12.8 Å². The molecule has 1 spiro atoms. The van der Waals surface area contributed by atoms with Crippen LogP contribution in [0.2, 0.25) is 0 Å². The maximum atomic E-state index is 12.3. The lowest BCUT2D eigenvalue weighted by atomic mass is 9.57. The lowest BCUT2D eigenvalue weighted by Gasteiger charge is -2.59. The first kappa shape index (κ1) is 14.8. The minimum absolute atomic E-state index is 0.0340. The van der Waals surface area contributed by atoms with Gasteiger partial charge >= 0.3 is 5.97 Å². The van der Waals surface area contributed by atoms with Gasteiger partial charge in [0.15, 0.2) is 11.2 Å². The van der Waals surface area contributed by atoms with Crippen molar-refractivity contribution in [2.24, 2.45) is 17.8 Å². The zero-order valence-electron chi connectivity index (χ0n) is 12.8. The van der Waals surface area contributed by atoms with E-state index >= 15 is 0 Å². The molecule has 7 nitrogen and oxygen atoms in total. The van der Waals surface area contributed by atoms with Crippen molar-refractivity contribution in [3.05, 3.63) is 0 Å². The van der Waals surface area contributed by atoms with Crippen molar-refractivity contribution in [1.29, 1.82) is 0 Å². The van der Waals surface area contributed by atoms with Crippen molar-refractivity contribution < 1.29 is 34.3 Å². The van der Waals surface area contributed by atoms with Crippen LogP contribution in [0.5, 0.6) is 0 Å². The zero-order valence-corrected chi connectivity index (χ0v) is 12.8. The molecular formula is C15H22O7. The van der Waals surface area contributed by atoms with Crippen molar-refractivity contribution in [2.45, 2.75) is 62.8 Å². The number of esters is 1. The Kier molecular flexibility index (Phi) is 2.98. The molecule has 7 atom stereocenters.